The molecule has 29 heavy (non-hydrogen) atoms. The van der Waals surface area contributed by atoms with E-state index in [1.807, 2.05) is 48.5 Å². The van der Waals surface area contributed by atoms with Crippen molar-refractivity contribution in [2.75, 3.05) is 23.3 Å². The number of amides is 1. The Morgan fingerprint density at radius 3 is 2.38 bits per heavy atom. The van der Waals surface area contributed by atoms with Gasteiger partial charge in [-0.05, 0) is 30.4 Å². The topological polar surface area (TPSA) is 58.6 Å². The smallest absolute Gasteiger partial charge is 0.303 e. The molecule has 0 aliphatic carbocycles. The Balaban J connectivity index is 1.67. The first kappa shape index (κ1) is 19.0. The van der Waals surface area contributed by atoms with E-state index < -0.39 is 12.1 Å². The summed E-state index contributed by atoms with van der Waals surface area (Å²) in [5, 5.41) is 5.20. The SMILES string of the molecule is CC(=O)OC(C(=O)Nc1cc(N2CCCC2)c2ccccc2c1)c1ccccc1. The first-order chi connectivity index (χ1) is 14.1. The van der Waals surface area contributed by atoms with E-state index in [1.165, 1.54) is 25.2 Å². The van der Waals surface area contributed by atoms with E-state index in [9.17, 15) is 9.59 Å². The molecule has 0 spiro atoms. The van der Waals surface area contributed by atoms with E-state index in [0.29, 0.717) is 11.3 Å². The Morgan fingerprint density at radius 1 is 0.966 bits per heavy atom. The number of carbonyl (C=O) groups excluding carboxylic acids is 2. The van der Waals surface area contributed by atoms with Crippen molar-refractivity contribution in [3.8, 4) is 0 Å². The lowest BCUT2D eigenvalue weighted by Gasteiger charge is -2.22. The molecule has 5 heteroatoms. The molecule has 1 heterocycles. The van der Waals surface area contributed by atoms with Crippen LogP contribution < -0.4 is 10.2 Å². The van der Waals surface area contributed by atoms with Crippen molar-refractivity contribution in [1.29, 1.82) is 0 Å². The summed E-state index contributed by atoms with van der Waals surface area (Å²) in [4.78, 5) is 27.0. The van der Waals surface area contributed by atoms with Gasteiger partial charge in [0.1, 0.15) is 0 Å². The Kier molecular flexibility index (Phi) is 5.47. The number of esters is 1. The number of ether oxygens (including phenoxy) is 1. The fourth-order valence-corrected chi connectivity index (χ4v) is 3.86. The van der Waals surface area contributed by atoms with Gasteiger partial charge in [0.2, 0.25) is 6.10 Å². The molecule has 3 aromatic carbocycles. The Labute approximate surface area is 170 Å². The summed E-state index contributed by atoms with van der Waals surface area (Å²) in [7, 11) is 0. The highest BCUT2D eigenvalue weighted by atomic mass is 16.5. The monoisotopic (exact) mass is 388 g/mol. The zero-order chi connectivity index (χ0) is 20.2. The van der Waals surface area contributed by atoms with Crippen LogP contribution in [0.15, 0.2) is 66.7 Å². The summed E-state index contributed by atoms with van der Waals surface area (Å²) in [5.41, 5.74) is 2.46. The second-order valence-electron chi connectivity index (χ2n) is 7.30. The van der Waals surface area contributed by atoms with Gasteiger partial charge in [0.25, 0.3) is 5.91 Å². The minimum atomic E-state index is -0.990. The largest absolute Gasteiger partial charge is 0.447 e. The van der Waals surface area contributed by atoms with Gasteiger partial charge in [0.15, 0.2) is 0 Å². The third-order valence-corrected chi connectivity index (χ3v) is 5.18. The first-order valence-electron chi connectivity index (χ1n) is 9.92. The standard InChI is InChI=1S/C24H24N2O3/c1-17(27)29-23(18-9-3-2-4-10-18)24(28)25-20-15-19-11-5-6-12-21(19)22(16-20)26-13-7-8-14-26/h2-6,9-12,15-16,23H,7-8,13-14H2,1H3,(H,25,28). The summed E-state index contributed by atoms with van der Waals surface area (Å²) >= 11 is 0. The number of benzene rings is 3. The molecule has 0 saturated carbocycles. The second-order valence-corrected chi connectivity index (χ2v) is 7.30. The maximum Gasteiger partial charge on any atom is 0.303 e. The molecule has 1 atom stereocenters. The maximum absolute atomic E-state index is 13.0. The molecule has 1 amide bonds. The normalized spacial score (nSPS) is 14.6. The molecule has 1 fully saturated rings. The van der Waals surface area contributed by atoms with Crippen LogP contribution in [0.1, 0.15) is 31.4 Å². The molecule has 1 unspecified atom stereocenters. The predicted octanol–water partition coefficient (Wildman–Crippen LogP) is 4.68. The highest BCUT2D eigenvalue weighted by molar-refractivity contribution is 6.02. The van der Waals surface area contributed by atoms with Crippen molar-refractivity contribution >= 4 is 34.0 Å². The number of hydrogen-bond acceptors (Lipinski definition) is 4. The molecule has 148 valence electrons. The molecular weight excluding hydrogens is 364 g/mol. The summed E-state index contributed by atoms with van der Waals surface area (Å²) < 4.78 is 5.33. The number of nitrogens with one attached hydrogen (secondary N) is 1. The van der Waals surface area contributed by atoms with Crippen molar-refractivity contribution in [3.05, 3.63) is 72.3 Å². The van der Waals surface area contributed by atoms with Crippen molar-refractivity contribution < 1.29 is 14.3 Å². The third kappa shape index (κ3) is 4.24. The van der Waals surface area contributed by atoms with Gasteiger partial charge < -0.3 is 15.0 Å². The average Bonchev–Trinajstić information content (AvgIpc) is 3.26. The Morgan fingerprint density at radius 2 is 1.66 bits per heavy atom. The van der Waals surface area contributed by atoms with Crippen LogP contribution >= 0.6 is 0 Å². The second kappa shape index (κ2) is 8.35. The Bertz CT molecular complexity index is 1030. The van der Waals surface area contributed by atoms with E-state index in [-0.39, 0.29) is 5.91 Å². The molecule has 5 nitrogen and oxygen atoms in total. The number of hydrogen-bond donors (Lipinski definition) is 1. The number of rotatable bonds is 5. The van der Waals surface area contributed by atoms with Gasteiger partial charge in [0, 0.05) is 42.3 Å². The van der Waals surface area contributed by atoms with E-state index >= 15 is 0 Å². The van der Waals surface area contributed by atoms with Gasteiger partial charge >= 0.3 is 5.97 Å². The molecule has 3 aromatic rings. The number of fused-ring (bicyclic) bond motifs is 1. The maximum atomic E-state index is 13.0. The number of nitrogens with zero attached hydrogens (tertiary/aromatic N) is 1. The van der Waals surface area contributed by atoms with Crippen LogP contribution in [0.3, 0.4) is 0 Å². The summed E-state index contributed by atoms with van der Waals surface area (Å²) in [6.07, 6.45) is 1.36. The lowest BCUT2D eigenvalue weighted by Crippen LogP contribution is -2.25. The highest BCUT2D eigenvalue weighted by Crippen LogP contribution is 2.33. The van der Waals surface area contributed by atoms with Crippen molar-refractivity contribution in [1.82, 2.24) is 0 Å². The molecule has 0 aromatic heterocycles. The van der Waals surface area contributed by atoms with Crippen molar-refractivity contribution in [2.24, 2.45) is 0 Å². The molecule has 4 rings (SSSR count). The third-order valence-electron chi connectivity index (χ3n) is 5.18. The summed E-state index contributed by atoms with van der Waals surface area (Å²) in [5.74, 6) is -0.862. The molecule has 1 N–H and O–H groups in total. The summed E-state index contributed by atoms with van der Waals surface area (Å²) in [6.45, 7) is 3.34. The van der Waals surface area contributed by atoms with Crippen LogP contribution in [0, 0.1) is 0 Å². The molecule has 0 radical (unpaired) electrons. The lowest BCUT2D eigenvalue weighted by atomic mass is 10.1. The first-order valence-corrected chi connectivity index (χ1v) is 9.92. The van der Waals surface area contributed by atoms with Gasteiger partial charge in [-0.3, -0.25) is 9.59 Å². The van der Waals surface area contributed by atoms with Crippen molar-refractivity contribution in [2.45, 2.75) is 25.9 Å². The number of carbonyl (C=O) groups is 2. The van der Waals surface area contributed by atoms with Crippen LogP contribution in [0.25, 0.3) is 10.8 Å². The van der Waals surface area contributed by atoms with Gasteiger partial charge in [0.05, 0.1) is 0 Å². The molecule has 0 bridgehead atoms. The van der Waals surface area contributed by atoms with Crippen molar-refractivity contribution in [3.63, 3.8) is 0 Å². The average molecular weight is 388 g/mol. The van der Waals surface area contributed by atoms with Gasteiger partial charge in [-0.25, -0.2) is 0 Å². The van der Waals surface area contributed by atoms with Crippen LogP contribution in [0.5, 0.6) is 0 Å². The van der Waals surface area contributed by atoms with E-state index in [0.717, 1.165) is 24.2 Å². The predicted molar refractivity (Wildman–Crippen MR) is 115 cm³/mol. The van der Waals surface area contributed by atoms with Crippen LogP contribution in [0.4, 0.5) is 11.4 Å². The van der Waals surface area contributed by atoms with E-state index in [4.69, 9.17) is 4.74 Å². The van der Waals surface area contributed by atoms with Gasteiger partial charge in [-0.1, -0.05) is 54.6 Å². The van der Waals surface area contributed by atoms with E-state index in [1.54, 1.807) is 12.1 Å². The molecule has 1 aliphatic rings. The van der Waals surface area contributed by atoms with Gasteiger partial charge in [-0.2, -0.15) is 0 Å². The minimum Gasteiger partial charge on any atom is -0.447 e. The Hall–Kier alpha value is -3.34. The van der Waals surface area contributed by atoms with Crippen LogP contribution in [-0.2, 0) is 14.3 Å². The molecule has 1 aliphatic heterocycles. The van der Waals surface area contributed by atoms with Crippen LogP contribution in [0.2, 0.25) is 0 Å². The van der Waals surface area contributed by atoms with E-state index in [2.05, 4.69) is 16.3 Å². The van der Waals surface area contributed by atoms with Gasteiger partial charge in [-0.15, -0.1) is 0 Å². The molecular formula is C24H24N2O3. The van der Waals surface area contributed by atoms with Crippen LogP contribution in [-0.4, -0.2) is 25.0 Å². The lowest BCUT2D eigenvalue weighted by molar-refractivity contribution is -0.152. The quantitative estimate of drug-likeness (QED) is 0.645. The highest BCUT2D eigenvalue weighted by Gasteiger charge is 2.24. The molecule has 1 saturated heterocycles. The fourth-order valence-electron chi connectivity index (χ4n) is 3.86. The summed E-state index contributed by atoms with van der Waals surface area (Å²) in [6, 6.07) is 21.2. The fraction of sp³-hybridized carbons (Fsp3) is 0.250. The zero-order valence-electron chi connectivity index (χ0n) is 16.4. The zero-order valence-corrected chi connectivity index (χ0v) is 16.4. The number of anilines is 2. The minimum absolute atomic E-state index is 0.367.